The molecule has 0 bridgehead atoms. The first-order chi connectivity index (χ1) is 11.5. The Kier molecular flexibility index (Phi) is 4.38. The Labute approximate surface area is 137 Å². The lowest BCUT2D eigenvalue weighted by Crippen LogP contribution is -1.95. The third-order valence-corrected chi connectivity index (χ3v) is 3.94. The first kappa shape index (κ1) is 16.2. The van der Waals surface area contributed by atoms with Crippen LogP contribution in [0.3, 0.4) is 0 Å². The Balaban J connectivity index is 2.03. The summed E-state index contributed by atoms with van der Waals surface area (Å²) in [6, 6.07) is 13.9. The number of benzene rings is 3. The molecule has 0 aromatic heterocycles. The minimum Gasteiger partial charge on any atom is -0.246 e. The lowest BCUT2D eigenvalue weighted by atomic mass is 9.98. The standard InChI is InChI=1S/C20H14F4/c1-12-2-4-13(5-3-12)14-6-7-16(18(22)8-14)15-9-19(23)17(11-21)20(24)10-15/h2-10H,11H2,1H3. The van der Waals surface area contributed by atoms with Gasteiger partial charge in [0.2, 0.25) is 0 Å². The van der Waals surface area contributed by atoms with E-state index in [1.807, 2.05) is 31.2 Å². The van der Waals surface area contributed by atoms with Gasteiger partial charge in [0.25, 0.3) is 0 Å². The maximum atomic E-state index is 14.4. The van der Waals surface area contributed by atoms with Crippen LogP contribution in [0, 0.1) is 24.4 Å². The zero-order chi connectivity index (χ0) is 17.3. The van der Waals surface area contributed by atoms with E-state index >= 15 is 0 Å². The number of hydrogen-bond acceptors (Lipinski definition) is 0. The maximum absolute atomic E-state index is 14.4. The Morgan fingerprint density at radius 1 is 0.667 bits per heavy atom. The number of alkyl halides is 1. The van der Waals surface area contributed by atoms with E-state index in [1.165, 1.54) is 12.1 Å². The van der Waals surface area contributed by atoms with Gasteiger partial charge in [-0.2, -0.15) is 0 Å². The minimum absolute atomic E-state index is 0.0372. The Bertz CT molecular complexity index is 860. The molecule has 0 nitrogen and oxygen atoms in total. The van der Waals surface area contributed by atoms with Gasteiger partial charge in [0, 0.05) is 5.56 Å². The van der Waals surface area contributed by atoms with Gasteiger partial charge in [0.05, 0.1) is 5.56 Å². The molecule has 3 aromatic rings. The van der Waals surface area contributed by atoms with Gasteiger partial charge in [-0.3, -0.25) is 0 Å². The summed E-state index contributed by atoms with van der Waals surface area (Å²) in [5, 5.41) is 0. The van der Waals surface area contributed by atoms with E-state index in [2.05, 4.69) is 0 Å². The van der Waals surface area contributed by atoms with Crippen molar-refractivity contribution in [1.29, 1.82) is 0 Å². The molecule has 0 amide bonds. The van der Waals surface area contributed by atoms with E-state index in [-0.39, 0.29) is 11.1 Å². The van der Waals surface area contributed by atoms with Gasteiger partial charge in [-0.15, -0.1) is 0 Å². The lowest BCUT2D eigenvalue weighted by molar-refractivity contribution is 0.440. The van der Waals surface area contributed by atoms with Gasteiger partial charge in [-0.1, -0.05) is 42.0 Å². The zero-order valence-electron chi connectivity index (χ0n) is 12.9. The summed E-state index contributed by atoms with van der Waals surface area (Å²) in [5.74, 6) is -2.64. The number of halogens is 4. The van der Waals surface area contributed by atoms with Crippen LogP contribution in [0.2, 0.25) is 0 Å². The first-order valence-electron chi connectivity index (χ1n) is 7.40. The van der Waals surface area contributed by atoms with Crippen molar-refractivity contribution in [3.63, 3.8) is 0 Å². The Hall–Kier alpha value is -2.62. The van der Waals surface area contributed by atoms with Crippen molar-refractivity contribution in [3.8, 4) is 22.3 Å². The monoisotopic (exact) mass is 330 g/mol. The predicted molar refractivity (Wildman–Crippen MR) is 86.7 cm³/mol. The average molecular weight is 330 g/mol. The van der Waals surface area contributed by atoms with Crippen LogP contribution >= 0.6 is 0 Å². The molecule has 0 unspecified atom stereocenters. The molecular formula is C20H14F4. The molecule has 0 saturated heterocycles. The van der Waals surface area contributed by atoms with E-state index < -0.39 is 29.7 Å². The molecule has 0 aliphatic heterocycles. The Morgan fingerprint density at radius 3 is 1.75 bits per heavy atom. The lowest BCUT2D eigenvalue weighted by Gasteiger charge is -2.09. The molecule has 3 rings (SSSR count). The molecule has 122 valence electrons. The van der Waals surface area contributed by atoms with E-state index in [9.17, 15) is 17.6 Å². The molecule has 0 aliphatic rings. The molecule has 0 radical (unpaired) electrons. The quantitative estimate of drug-likeness (QED) is 0.500. The largest absolute Gasteiger partial charge is 0.246 e. The molecule has 0 fully saturated rings. The fraction of sp³-hybridized carbons (Fsp3) is 0.100. The summed E-state index contributed by atoms with van der Waals surface area (Å²) < 4.78 is 54.4. The average Bonchev–Trinajstić information content (AvgIpc) is 2.55. The van der Waals surface area contributed by atoms with Crippen molar-refractivity contribution in [2.45, 2.75) is 13.6 Å². The summed E-state index contributed by atoms with van der Waals surface area (Å²) in [6.45, 7) is 0.713. The summed E-state index contributed by atoms with van der Waals surface area (Å²) in [5.41, 5.74) is 2.06. The molecule has 0 heterocycles. The van der Waals surface area contributed by atoms with Crippen molar-refractivity contribution in [3.05, 3.63) is 83.2 Å². The molecule has 0 spiro atoms. The van der Waals surface area contributed by atoms with E-state index in [0.717, 1.165) is 23.3 Å². The van der Waals surface area contributed by atoms with Crippen LogP contribution in [0.15, 0.2) is 54.6 Å². The van der Waals surface area contributed by atoms with E-state index in [0.29, 0.717) is 5.56 Å². The normalized spacial score (nSPS) is 10.9. The van der Waals surface area contributed by atoms with Crippen LogP contribution in [0.5, 0.6) is 0 Å². The number of aryl methyl sites for hydroxylation is 1. The molecule has 0 aliphatic carbocycles. The van der Waals surface area contributed by atoms with Crippen LogP contribution in [0.25, 0.3) is 22.3 Å². The van der Waals surface area contributed by atoms with Crippen LogP contribution in [0.4, 0.5) is 17.6 Å². The van der Waals surface area contributed by atoms with Gasteiger partial charge in [-0.25, -0.2) is 17.6 Å². The maximum Gasteiger partial charge on any atom is 0.132 e. The molecule has 0 saturated carbocycles. The van der Waals surface area contributed by atoms with Crippen LogP contribution in [-0.4, -0.2) is 0 Å². The second kappa shape index (κ2) is 6.48. The molecule has 0 atom stereocenters. The molecule has 4 heteroatoms. The summed E-state index contributed by atoms with van der Waals surface area (Å²) in [4.78, 5) is 0. The van der Waals surface area contributed by atoms with Crippen LogP contribution < -0.4 is 0 Å². The second-order valence-corrected chi connectivity index (χ2v) is 5.61. The highest BCUT2D eigenvalue weighted by atomic mass is 19.1. The van der Waals surface area contributed by atoms with Crippen molar-refractivity contribution >= 4 is 0 Å². The smallest absolute Gasteiger partial charge is 0.132 e. The van der Waals surface area contributed by atoms with Gasteiger partial charge >= 0.3 is 0 Å². The van der Waals surface area contributed by atoms with Gasteiger partial charge in [0.15, 0.2) is 0 Å². The predicted octanol–water partition coefficient (Wildman–Crippen LogP) is 6.22. The third-order valence-electron chi connectivity index (χ3n) is 3.94. The van der Waals surface area contributed by atoms with Crippen molar-refractivity contribution in [2.24, 2.45) is 0 Å². The highest BCUT2D eigenvalue weighted by molar-refractivity contribution is 5.71. The fourth-order valence-corrected chi connectivity index (χ4v) is 2.56. The van der Waals surface area contributed by atoms with Crippen molar-refractivity contribution < 1.29 is 17.6 Å². The molecule has 24 heavy (non-hydrogen) atoms. The van der Waals surface area contributed by atoms with Gasteiger partial charge in [-0.05, 0) is 41.8 Å². The summed E-state index contributed by atoms with van der Waals surface area (Å²) >= 11 is 0. The van der Waals surface area contributed by atoms with Gasteiger partial charge in [0.1, 0.15) is 24.1 Å². The van der Waals surface area contributed by atoms with Crippen molar-refractivity contribution in [2.75, 3.05) is 0 Å². The minimum atomic E-state index is -1.24. The fourth-order valence-electron chi connectivity index (χ4n) is 2.56. The summed E-state index contributed by atoms with van der Waals surface area (Å²) in [6.07, 6.45) is 0. The van der Waals surface area contributed by atoms with E-state index in [4.69, 9.17) is 0 Å². The van der Waals surface area contributed by atoms with Crippen LogP contribution in [-0.2, 0) is 6.67 Å². The number of rotatable bonds is 3. The molecule has 0 N–H and O–H groups in total. The number of hydrogen-bond donors (Lipinski definition) is 0. The first-order valence-corrected chi connectivity index (χ1v) is 7.40. The summed E-state index contributed by atoms with van der Waals surface area (Å²) in [7, 11) is 0. The zero-order valence-corrected chi connectivity index (χ0v) is 12.9. The topological polar surface area (TPSA) is 0 Å². The highest BCUT2D eigenvalue weighted by Crippen LogP contribution is 2.30. The second-order valence-electron chi connectivity index (χ2n) is 5.61. The van der Waals surface area contributed by atoms with Crippen molar-refractivity contribution in [1.82, 2.24) is 0 Å². The Morgan fingerprint density at radius 2 is 1.21 bits per heavy atom. The van der Waals surface area contributed by atoms with E-state index in [1.54, 1.807) is 6.07 Å². The third kappa shape index (κ3) is 3.04. The molecular weight excluding hydrogens is 316 g/mol. The SMILES string of the molecule is Cc1ccc(-c2ccc(-c3cc(F)c(CF)c(F)c3)c(F)c2)cc1. The molecule has 3 aromatic carbocycles. The highest BCUT2D eigenvalue weighted by Gasteiger charge is 2.14. The van der Waals surface area contributed by atoms with Gasteiger partial charge < -0.3 is 0 Å². The van der Waals surface area contributed by atoms with Crippen LogP contribution in [0.1, 0.15) is 11.1 Å².